The first-order chi connectivity index (χ1) is 9.28. The van der Waals surface area contributed by atoms with Gasteiger partial charge in [-0.1, -0.05) is 0 Å². The molecule has 2 N–H and O–H groups in total. The number of hydrogen-bond donors (Lipinski definition) is 1. The van der Waals surface area contributed by atoms with E-state index in [1.54, 1.807) is 0 Å². The third-order valence-electron chi connectivity index (χ3n) is 3.46. The van der Waals surface area contributed by atoms with Gasteiger partial charge in [-0.15, -0.1) is 11.3 Å². The predicted molar refractivity (Wildman–Crippen MR) is 77.0 cm³/mol. The third-order valence-corrected chi connectivity index (χ3v) is 4.15. The highest BCUT2D eigenvalue weighted by molar-refractivity contribution is 7.13. The summed E-state index contributed by atoms with van der Waals surface area (Å²) in [5.74, 6) is 0. The van der Waals surface area contributed by atoms with Crippen molar-refractivity contribution in [3.05, 3.63) is 40.9 Å². The lowest BCUT2D eigenvalue weighted by molar-refractivity contribution is 0.701. The minimum atomic E-state index is 0.307. The molecule has 4 nitrogen and oxygen atoms in total. The maximum absolute atomic E-state index is 8.84. The van der Waals surface area contributed by atoms with Gasteiger partial charge in [-0.25, -0.2) is 4.98 Å². The van der Waals surface area contributed by atoms with Gasteiger partial charge in [0.25, 0.3) is 0 Å². The minimum Gasteiger partial charge on any atom is -0.375 e. The van der Waals surface area contributed by atoms with Gasteiger partial charge in [0, 0.05) is 17.6 Å². The van der Waals surface area contributed by atoms with Crippen LogP contribution in [0.3, 0.4) is 0 Å². The molecule has 0 spiro atoms. The van der Waals surface area contributed by atoms with E-state index < -0.39 is 0 Å². The fraction of sp³-hybridized carbons (Fsp3) is 0.286. The highest BCUT2D eigenvalue weighted by Crippen LogP contribution is 2.36. The first-order valence-electron chi connectivity index (χ1n) is 6.25. The molecule has 0 amide bonds. The molecular weight excluding hydrogens is 256 g/mol. The number of nitriles is 1. The van der Waals surface area contributed by atoms with Crippen LogP contribution in [0.2, 0.25) is 0 Å². The van der Waals surface area contributed by atoms with Gasteiger partial charge in [0.1, 0.15) is 0 Å². The summed E-state index contributed by atoms with van der Waals surface area (Å²) in [6.45, 7) is 1.02. The fourth-order valence-electron chi connectivity index (χ4n) is 2.56. The van der Waals surface area contributed by atoms with Gasteiger partial charge >= 0.3 is 0 Å². The van der Waals surface area contributed by atoms with Crippen molar-refractivity contribution in [2.45, 2.75) is 18.9 Å². The largest absolute Gasteiger partial charge is 0.375 e. The maximum atomic E-state index is 8.84. The molecule has 2 heterocycles. The van der Waals surface area contributed by atoms with Crippen LogP contribution in [-0.2, 0) is 0 Å². The molecule has 2 aromatic rings. The van der Waals surface area contributed by atoms with Crippen molar-refractivity contribution in [2.24, 2.45) is 0 Å². The molecule has 3 rings (SSSR count). The molecule has 0 aliphatic carbocycles. The molecular formula is C14H14N4S. The number of aromatic nitrogens is 1. The number of hydrogen-bond acceptors (Lipinski definition) is 5. The van der Waals surface area contributed by atoms with Gasteiger partial charge in [0.2, 0.25) is 0 Å². The highest BCUT2D eigenvalue weighted by Gasteiger charge is 2.27. The van der Waals surface area contributed by atoms with Crippen molar-refractivity contribution in [1.82, 2.24) is 4.98 Å². The third kappa shape index (κ3) is 2.27. The van der Waals surface area contributed by atoms with E-state index in [4.69, 9.17) is 11.0 Å². The Morgan fingerprint density at radius 1 is 1.37 bits per heavy atom. The van der Waals surface area contributed by atoms with Crippen LogP contribution in [0.5, 0.6) is 0 Å². The molecule has 0 saturated carbocycles. The summed E-state index contributed by atoms with van der Waals surface area (Å²) >= 11 is 1.49. The smallest absolute Gasteiger partial charge is 0.180 e. The number of rotatable bonds is 2. The summed E-state index contributed by atoms with van der Waals surface area (Å²) in [5, 5.41) is 11.5. The van der Waals surface area contributed by atoms with Gasteiger partial charge < -0.3 is 10.6 Å². The normalized spacial score (nSPS) is 18.5. The Hall–Kier alpha value is -2.06. The zero-order valence-corrected chi connectivity index (χ0v) is 11.2. The quantitative estimate of drug-likeness (QED) is 0.911. The van der Waals surface area contributed by atoms with E-state index in [9.17, 15) is 0 Å². The molecule has 1 atom stereocenters. The Bertz CT molecular complexity index is 611. The predicted octanol–water partition coefficient (Wildman–Crippen LogP) is 2.94. The van der Waals surface area contributed by atoms with Crippen LogP contribution in [0, 0.1) is 11.3 Å². The second-order valence-electron chi connectivity index (χ2n) is 4.62. The lowest BCUT2D eigenvalue weighted by Crippen LogP contribution is -2.22. The SMILES string of the molecule is N#Cc1ccc(N2CCCC2c2csc(N)n2)cc1. The molecule has 0 radical (unpaired) electrons. The Morgan fingerprint density at radius 3 is 2.79 bits per heavy atom. The van der Waals surface area contributed by atoms with E-state index >= 15 is 0 Å². The molecule has 0 bridgehead atoms. The molecule has 1 fully saturated rings. The minimum absolute atomic E-state index is 0.307. The molecule has 1 aromatic heterocycles. The summed E-state index contributed by atoms with van der Waals surface area (Å²) in [4.78, 5) is 6.75. The van der Waals surface area contributed by atoms with Crippen molar-refractivity contribution < 1.29 is 0 Å². The molecule has 1 aliphatic rings. The Kier molecular flexibility index (Phi) is 3.10. The lowest BCUT2D eigenvalue weighted by atomic mass is 10.1. The molecule has 1 aromatic carbocycles. The molecule has 1 saturated heterocycles. The zero-order chi connectivity index (χ0) is 13.2. The topological polar surface area (TPSA) is 65.9 Å². The maximum Gasteiger partial charge on any atom is 0.180 e. The molecule has 1 unspecified atom stereocenters. The zero-order valence-electron chi connectivity index (χ0n) is 10.4. The van der Waals surface area contributed by atoms with Crippen LogP contribution >= 0.6 is 11.3 Å². The number of benzene rings is 1. The first-order valence-corrected chi connectivity index (χ1v) is 7.13. The van der Waals surface area contributed by atoms with Crippen LogP contribution in [0.25, 0.3) is 0 Å². The second kappa shape index (κ2) is 4.90. The number of nitrogen functional groups attached to an aromatic ring is 1. The first kappa shape index (κ1) is 12.0. The molecule has 5 heteroatoms. The second-order valence-corrected chi connectivity index (χ2v) is 5.51. The van der Waals surface area contributed by atoms with Crippen molar-refractivity contribution >= 4 is 22.2 Å². The van der Waals surface area contributed by atoms with E-state index in [0.29, 0.717) is 16.7 Å². The van der Waals surface area contributed by atoms with Crippen molar-refractivity contribution in [1.29, 1.82) is 5.26 Å². The number of thiazole rings is 1. The summed E-state index contributed by atoms with van der Waals surface area (Å²) in [5.41, 5.74) is 8.62. The van der Waals surface area contributed by atoms with E-state index in [2.05, 4.69) is 16.0 Å². The molecule has 1 aliphatic heterocycles. The number of anilines is 2. The summed E-state index contributed by atoms with van der Waals surface area (Å²) in [7, 11) is 0. The molecule has 19 heavy (non-hydrogen) atoms. The standard InChI is InChI=1S/C14H14N4S/c15-8-10-3-5-11(6-4-10)18-7-1-2-13(18)12-9-19-14(16)17-12/h3-6,9,13H,1-2,7H2,(H2,16,17). The van der Waals surface area contributed by atoms with Gasteiger partial charge in [-0.3, -0.25) is 0 Å². The van der Waals surface area contributed by atoms with Crippen LogP contribution in [0.15, 0.2) is 29.6 Å². The number of nitrogens with two attached hydrogens (primary N) is 1. The van der Waals surface area contributed by atoms with Crippen LogP contribution in [-0.4, -0.2) is 11.5 Å². The van der Waals surface area contributed by atoms with Crippen LogP contribution in [0.1, 0.15) is 30.1 Å². The summed E-state index contributed by atoms with van der Waals surface area (Å²) in [6.07, 6.45) is 2.26. The summed E-state index contributed by atoms with van der Waals surface area (Å²) < 4.78 is 0. The van der Waals surface area contributed by atoms with E-state index in [1.807, 2.05) is 29.6 Å². The van der Waals surface area contributed by atoms with Gasteiger partial charge in [-0.05, 0) is 37.1 Å². The average molecular weight is 270 g/mol. The molecule has 96 valence electrons. The fourth-order valence-corrected chi connectivity index (χ4v) is 3.17. The van der Waals surface area contributed by atoms with E-state index in [1.165, 1.54) is 11.3 Å². The highest BCUT2D eigenvalue weighted by atomic mass is 32.1. The lowest BCUT2D eigenvalue weighted by Gasteiger charge is -2.25. The van der Waals surface area contributed by atoms with E-state index in [0.717, 1.165) is 30.8 Å². The van der Waals surface area contributed by atoms with Gasteiger partial charge in [0.15, 0.2) is 5.13 Å². The van der Waals surface area contributed by atoms with Crippen LogP contribution < -0.4 is 10.6 Å². The van der Waals surface area contributed by atoms with Crippen molar-refractivity contribution in [2.75, 3.05) is 17.2 Å². The van der Waals surface area contributed by atoms with Gasteiger partial charge in [0.05, 0.1) is 23.4 Å². The monoisotopic (exact) mass is 270 g/mol. The van der Waals surface area contributed by atoms with Crippen molar-refractivity contribution in [3.63, 3.8) is 0 Å². The Balaban J connectivity index is 1.88. The number of nitrogens with zero attached hydrogens (tertiary/aromatic N) is 3. The Labute approximate surface area is 116 Å². The average Bonchev–Trinajstić information content (AvgIpc) is 3.07. The van der Waals surface area contributed by atoms with Crippen molar-refractivity contribution in [3.8, 4) is 6.07 Å². The van der Waals surface area contributed by atoms with E-state index in [-0.39, 0.29) is 0 Å². The van der Waals surface area contributed by atoms with Crippen LogP contribution in [0.4, 0.5) is 10.8 Å². The summed E-state index contributed by atoms with van der Waals surface area (Å²) in [6, 6.07) is 10.2. The Morgan fingerprint density at radius 2 is 2.16 bits per heavy atom. The van der Waals surface area contributed by atoms with Gasteiger partial charge in [-0.2, -0.15) is 5.26 Å².